The van der Waals surface area contributed by atoms with E-state index in [1.807, 2.05) is 24.8 Å². The standard InChI is InChI=1S/C14H23FN2O2/c1-5-17(12-8-6-7-11(15)9-12)14(2,10-16)13(18-3)19-4/h6-9,13H,5,10,16H2,1-4H3. The predicted octanol–water partition coefficient (Wildman–Crippen LogP) is 1.99. The molecule has 0 amide bonds. The first kappa shape index (κ1) is 15.9. The van der Waals surface area contributed by atoms with Gasteiger partial charge in [-0.1, -0.05) is 6.07 Å². The number of halogens is 1. The minimum Gasteiger partial charge on any atom is -0.360 e. The number of benzene rings is 1. The lowest BCUT2D eigenvalue weighted by Crippen LogP contribution is -2.60. The van der Waals surface area contributed by atoms with Gasteiger partial charge in [-0.25, -0.2) is 4.39 Å². The molecule has 5 heteroatoms. The molecule has 19 heavy (non-hydrogen) atoms. The molecule has 1 rings (SSSR count). The van der Waals surface area contributed by atoms with Gasteiger partial charge in [0.15, 0.2) is 6.29 Å². The van der Waals surface area contributed by atoms with Crippen molar-refractivity contribution in [3.05, 3.63) is 30.1 Å². The Kier molecular flexibility index (Phi) is 5.72. The van der Waals surface area contributed by atoms with E-state index in [1.54, 1.807) is 20.3 Å². The molecule has 0 heterocycles. The van der Waals surface area contributed by atoms with Gasteiger partial charge < -0.3 is 20.1 Å². The number of methoxy groups -OCH3 is 2. The quantitative estimate of drug-likeness (QED) is 0.770. The largest absolute Gasteiger partial charge is 0.360 e. The van der Waals surface area contributed by atoms with Gasteiger partial charge in [0.1, 0.15) is 11.4 Å². The maximum absolute atomic E-state index is 13.4. The summed E-state index contributed by atoms with van der Waals surface area (Å²) in [6, 6.07) is 6.43. The minimum atomic E-state index is -0.577. The normalized spacial score (nSPS) is 14.5. The number of likely N-dealkylation sites (N-methyl/N-ethyl adjacent to an activating group) is 1. The van der Waals surface area contributed by atoms with Gasteiger partial charge in [-0.05, 0) is 32.0 Å². The highest BCUT2D eigenvalue weighted by molar-refractivity contribution is 5.49. The number of hydrogen-bond acceptors (Lipinski definition) is 4. The highest BCUT2D eigenvalue weighted by Gasteiger charge is 2.39. The van der Waals surface area contributed by atoms with Crippen molar-refractivity contribution >= 4 is 5.69 Å². The Balaban J connectivity index is 3.18. The van der Waals surface area contributed by atoms with Gasteiger partial charge in [0.2, 0.25) is 0 Å². The Morgan fingerprint density at radius 3 is 2.42 bits per heavy atom. The number of rotatable bonds is 7. The average Bonchev–Trinajstić information content (AvgIpc) is 2.41. The molecule has 4 nitrogen and oxygen atoms in total. The zero-order valence-electron chi connectivity index (χ0n) is 12.0. The van der Waals surface area contributed by atoms with Crippen molar-refractivity contribution in [1.29, 1.82) is 0 Å². The van der Waals surface area contributed by atoms with E-state index < -0.39 is 11.8 Å². The van der Waals surface area contributed by atoms with Gasteiger partial charge in [0.05, 0.1) is 0 Å². The van der Waals surface area contributed by atoms with Crippen LogP contribution in [0.2, 0.25) is 0 Å². The Labute approximate surface area is 114 Å². The van der Waals surface area contributed by atoms with E-state index in [2.05, 4.69) is 0 Å². The van der Waals surface area contributed by atoms with Gasteiger partial charge >= 0.3 is 0 Å². The molecule has 0 aliphatic carbocycles. The van der Waals surface area contributed by atoms with Crippen LogP contribution in [0, 0.1) is 5.82 Å². The van der Waals surface area contributed by atoms with Crippen molar-refractivity contribution < 1.29 is 13.9 Å². The summed E-state index contributed by atoms with van der Waals surface area (Å²) in [6.07, 6.45) is -0.499. The fraction of sp³-hybridized carbons (Fsp3) is 0.571. The molecule has 1 aromatic carbocycles. The Bertz CT molecular complexity index is 399. The van der Waals surface area contributed by atoms with E-state index in [4.69, 9.17) is 15.2 Å². The highest BCUT2D eigenvalue weighted by atomic mass is 19.1. The number of nitrogens with zero attached hydrogens (tertiary/aromatic N) is 1. The first-order chi connectivity index (χ1) is 9.03. The van der Waals surface area contributed by atoms with Crippen LogP contribution in [-0.4, -0.2) is 39.1 Å². The van der Waals surface area contributed by atoms with Crippen LogP contribution in [-0.2, 0) is 9.47 Å². The van der Waals surface area contributed by atoms with E-state index in [0.29, 0.717) is 13.1 Å². The molecular formula is C14H23FN2O2. The van der Waals surface area contributed by atoms with Gasteiger partial charge in [0.25, 0.3) is 0 Å². The van der Waals surface area contributed by atoms with Gasteiger partial charge in [0, 0.05) is 33.0 Å². The van der Waals surface area contributed by atoms with Crippen LogP contribution in [0.25, 0.3) is 0 Å². The van der Waals surface area contributed by atoms with Crippen LogP contribution in [0.3, 0.4) is 0 Å². The van der Waals surface area contributed by atoms with Gasteiger partial charge in [-0.3, -0.25) is 0 Å². The number of nitrogens with two attached hydrogens (primary N) is 1. The van der Waals surface area contributed by atoms with E-state index in [1.165, 1.54) is 12.1 Å². The fourth-order valence-electron chi connectivity index (χ4n) is 2.42. The third kappa shape index (κ3) is 3.23. The molecule has 0 spiro atoms. The first-order valence-electron chi connectivity index (χ1n) is 6.32. The second-order valence-corrected chi connectivity index (χ2v) is 4.59. The fourth-order valence-corrected chi connectivity index (χ4v) is 2.42. The molecular weight excluding hydrogens is 247 g/mol. The second-order valence-electron chi connectivity index (χ2n) is 4.59. The molecule has 0 aromatic heterocycles. The Morgan fingerprint density at radius 1 is 1.37 bits per heavy atom. The second kappa shape index (κ2) is 6.84. The topological polar surface area (TPSA) is 47.7 Å². The minimum absolute atomic E-state index is 0.276. The molecule has 0 fully saturated rings. The molecule has 1 unspecified atom stereocenters. The van der Waals surface area contributed by atoms with Crippen LogP contribution in [0.4, 0.5) is 10.1 Å². The monoisotopic (exact) mass is 270 g/mol. The van der Waals surface area contributed by atoms with E-state index >= 15 is 0 Å². The van der Waals surface area contributed by atoms with Crippen molar-refractivity contribution in [3.8, 4) is 0 Å². The van der Waals surface area contributed by atoms with E-state index in [-0.39, 0.29) is 5.82 Å². The summed E-state index contributed by atoms with van der Waals surface area (Å²) in [6.45, 7) is 4.92. The smallest absolute Gasteiger partial charge is 0.180 e. The first-order valence-corrected chi connectivity index (χ1v) is 6.32. The van der Waals surface area contributed by atoms with Crippen molar-refractivity contribution in [3.63, 3.8) is 0 Å². The van der Waals surface area contributed by atoms with Crippen molar-refractivity contribution in [2.24, 2.45) is 5.73 Å². The number of ether oxygens (including phenoxy) is 2. The van der Waals surface area contributed by atoms with Crippen LogP contribution in [0.1, 0.15) is 13.8 Å². The SMILES string of the molecule is CCN(c1cccc(F)c1)C(C)(CN)C(OC)OC. The molecule has 1 aromatic rings. The predicted molar refractivity (Wildman–Crippen MR) is 74.7 cm³/mol. The summed E-state index contributed by atoms with van der Waals surface area (Å²) >= 11 is 0. The van der Waals surface area contributed by atoms with Gasteiger partial charge in [-0.15, -0.1) is 0 Å². The molecule has 0 saturated heterocycles. The molecule has 0 saturated carbocycles. The van der Waals surface area contributed by atoms with Crippen LogP contribution in [0.15, 0.2) is 24.3 Å². The molecule has 0 radical (unpaired) electrons. The van der Waals surface area contributed by atoms with Crippen molar-refractivity contribution in [2.45, 2.75) is 25.7 Å². The summed E-state index contributed by atoms with van der Waals surface area (Å²) in [4.78, 5) is 1.99. The summed E-state index contributed by atoms with van der Waals surface area (Å²) in [5.41, 5.74) is 6.10. The summed E-state index contributed by atoms with van der Waals surface area (Å²) in [5.74, 6) is -0.276. The summed E-state index contributed by atoms with van der Waals surface area (Å²) in [7, 11) is 3.14. The maximum atomic E-state index is 13.4. The van der Waals surface area contributed by atoms with Crippen molar-refractivity contribution in [1.82, 2.24) is 0 Å². The molecule has 1 atom stereocenters. The maximum Gasteiger partial charge on any atom is 0.180 e. The van der Waals surface area contributed by atoms with Crippen molar-refractivity contribution in [2.75, 3.05) is 32.2 Å². The Hall–Kier alpha value is -1.17. The molecule has 0 aliphatic heterocycles. The molecule has 0 bridgehead atoms. The molecule has 2 N–H and O–H groups in total. The number of hydrogen-bond donors (Lipinski definition) is 1. The number of anilines is 1. The summed E-state index contributed by atoms with van der Waals surface area (Å²) < 4.78 is 24.1. The zero-order chi connectivity index (χ0) is 14.5. The van der Waals surface area contributed by atoms with E-state index in [9.17, 15) is 4.39 Å². The lowest BCUT2D eigenvalue weighted by molar-refractivity contribution is -0.141. The van der Waals surface area contributed by atoms with E-state index in [0.717, 1.165) is 5.69 Å². The average molecular weight is 270 g/mol. The molecule has 0 aliphatic rings. The van der Waals surface area contributed by atoms with Crippen LogP contribution in [0.5, 0.6) is 0 Å². The summed E-state index contributed by atoms with van der Waals surface area (Å²) in [5, 5.41) is 0. The zero-order valence-corrected chi connectivity index (χ0v) is 12.0. The Morgan fingerprint density at radius 2 is 2.00 bits per heavy atom. The highest BCUT2D eigenvalue weighted by Crippen LogP contribution is 2.28. The lowest BCUT2D eigenvalue weighted by atomic mass is 9.97. The van der Waals surface area contributed by atoms with Crippen LogP contribution < -0.4 is 10.6 Å². The lowest BCUT2D eigenvalue weighted by Gasteiger charge is -2.45. The third-order valence-corrected chi connectivity index (χ3v) is 3.40. The molecule has 108 valence electrons. The van der Waals surface area contributed by atoms with Gasteiger partial charge in [-0.2, -0.15) is 0 Å². The van der Waals surface area contributed by atoms with Crippen LogP contribution >= 0.6 is 0 Å². The third-order valence-electron chi connectivity index (χ3n) is 3.40.